The molecule has 1 amide bonds. The fourth-order valence-corrected chi connectivity index (χ4v) is 2.12. The second-order valence-corrected chi connectivity index (χ2v) is 5.23. The molecule has 2 aromatic rings. The van der Waals surface area contributed by atoms with Gasteiger partial charge in [0.1, 0.15) is 6.54 Å². The van der Waals surface area contributed by atoms with Crippen LogP contribution in [0.5, 0.6) is 0 Å². The number of nitrogens with one attached hydrogen (secondary N) is 1. The first-order chi connectivity index (χ1) is 12.2. The van der Waals surface area contributed by atoms with Gasteiger partial charge in [-0.1, -0.05) is 6.07 Å². The van der Waals surface area contributed by atoms with Crippen LogP contribution in [-0.4, -0.2) is 23.1 Å². The average Bonchev–Trinajstić information content (AvgIpc) is 2.56. The molecule has 0 fully saturated rings. The van der Waals surface area contributed by atoms with Crippen LogP contribution in [0.3, 0.4) is 0 Å². The molecular weight excluding hydrogens is 353 g/mol. The second kappa shape index (κ2) is 7.85. The Hall–Kier alpha value is -3.10. The van der Waals surface area contributed by atoms with Gasteiger partial charge in [0.2, 0.25) is 5.91 Å². The Labute approximate surface area is 146 Å². The molecule has 0 aliphatic rings. The van der Waals surface area contributed by atoms with Crippen LogP contribution in [-0.2, 0) is 22.3 Å². The van der Waals surface area contributed by atoms with Gasteiger partial charge in [0.05, 0.1) is 17.7 Å². The summed E-state index contributed by atoms with van der Waals surface area (Å²) >= 11 is 0. The fourth-order valence-electron chi connectivity index (χ4n) is 2.12. The maximum Gasteiger partial charge on any atom is 0.417 e. The minimum Gasteiger partial charge on any atom is -0.462 e. The SMILES string of the molecule is CCOC(=O)c1cccc(NC(=O)Cn2cc(C(F)(F)F)ccc2=O)c1. The molecule has 2 rings (SSSR count). The molecule has 0 radical (unpaired) electrons. The van der Waals surface area contributed by atoms with Crippen LogP contribution in [0, 0.1) is 0 Å². The highest BCUT2D eigenvalue weighted by Gasteiger charge is 2.31. The number of pyridine rings is 1. The zero-order valence-electron chi connectivity index (χ0n) is 13.7. The van der Waals surface area contributed by atoms with Crippen molar-refractivity contribution in [3.63, 3.8) is 0 Å². The highest BCUT2D eigenvalue weighted by Crippen LogP contribution is 2.28. The van der Waals surface area contributed by atoms with Gasteiger partial charge in [-0.3, -0.25) is 9.59 Å². The van der Waals surface area contributed by atoms with Crippen molar-refractivity contribution in [1.29, 1.82) is 0 Å². The minimum absolute atomic E-state index is 0.188. The van der Waals surface area contributed by atoms with E-state index in [4.69, 9.17) is 4.74 Å². The van der Waals surface area contributed by atoms with Crippen molar-refractivity contribution in [2.45, 2.75) is 19.6 Å². The molecule has 1 aromatic heterocycles. The molecule has 0 spiro atoms. The molecule has 0 unspecified atom stereocenters. The van der Waals surface area contributed by atoms with E-state index in [2.05, 4.69) is 5.32 Å². The third-order valence-corrected chi connectivity index (χ3v) is 3.28. The van der Waals surface area contributed by atoms with Crippen LogP contribution in [0.1, 0.15) is 22.8 Å². The largest absolute Gasteiger partial charge is 0.462 e. The molecule has 0 saturated heterocycles. The Balaban J connectivity index is 2.13. The molecular formula is C17H15F3N2O4. The first-order valence-electron chi connectivity index (χ1n) is 7.55. The number of alkyl halides is 3. The van der Waals surface area contributed by atoms with E-state index in [9.17, 15) is 27.6 Å². The lowest BCUT2D eigenvalue weighted by Crippen LogP contribution is -2.28. The molecule has 1 aromatic carbocycles. The average molecular weight is 368 g/mol. The highest BCUT2D eigenvalue weighted by atomic mass is 19.4. The number of aromatic nitrogens is 1. The number of anilines is 1. The number of carbonyl (C=O) groups is 2. The summed E-state index contributed by atoms with van der Waals surface area (Å²) < 4.78 is 43.6. The van der Waals surface area contributed by atoms with Gasteiger partial charge in [-0.25, -0.2) is 4.79 Å². The number of hydrogen-bond donors (Lipinski definition) is 1. The second-order valence-electron chi connectivity index (χ2n) is 5.23. The molecule has 1 heterocycles. The van der Waals surface area contributed by atoms with Crippen molar-refractivity contribution in [3.8, 4) is 0 Å². The van der Waals surface area contributed by atoms with Gasteiger partial charge in [0.25, 0.3) is 5.56 Å². The maximum atomic E-state index is 12.7. The van der Waals surface area contributed by atoms with Gasteiger partial charge in [-0.2, -0.15) is 13.2 Å². The predicted molar refractivity (Wildman–Crippen MR) is 86.7 cm³/mol. The number of halogens is 3. The quantitative estimate of drug-likeness (QED) is 0.824. The summed E-state index contributed by atoms with van der Waals surface area (Å²) in [6.07, 6.45) is -4.04. The van der Waals surface area contributed by atoms with E-state index < -0.39 is 35.7 Å². The fraction of sp³-hybridized carbons (Fsp3) is 0.235. The van der Waals surface area contributed by atoms with E-state index in [1.165, 1.54) is 24.3 Å². The van der Waals surface area contributed by atoms with Gasteiger partial charge < -0.3 is 14.6 Å². The lowest BCUT2D eigenvalue weighted by atomic mass is 10.2. The van der Waals surface area contributed by atoms with E-state index in [1.54, 1.807) is 6.92 Å². The third-order valence-electron chi connectivity index (χ3n) is 3.28. The Morgan fingerprint density at radius 3 is 2.58 bits per heavy atom. The van der Waals surface area contributed by atoms with Crippen LogP contribution in [0.2, 0.25) is 0 Å². The molecule has 0 saturated carbocycles. The van der Waals surface area contributed by atoms with Crippen LogP contribution >= 0.6 is 0 Å². The van der Waals surface area contributed by atoms with E-state index in [-0.39, 0.29) is 17.9 Å². The molecule has 6 nitrogen and oxygen atoms in total. The number of amides is 1. The monoisotopic (exact) mass is 368 g/mol. The number of nitrogens with zero attached hydrogens (tertiary/aromatic N) is 1. The van der Waals surface area contributed by atoms with Crippen LogP contribution < -0.4 is 10.9 Å². The molecule has 0 atom stereocenters. The van der Waals surface area contributed by atoms with Gasteiger partial charge in [0, 0.05) is 18.0 Å². The molecule has 0 bridgehead atoms. The van der Waals surface area contributed by atoms with E-state index in [1.807, 2.05) is 0 Å². The van der Waals surface area contributed by atoms with Crippen molar-refractivity contribution in [1.82, 2.24) is 4.57 Å². The Bertz CT molecular complexity index is 875. The van der Waals surface area contributed by atoms with Crippen molar-refractivity contribution in [3.05, 3.63) is 64.1 Å². The Morgan fingerprint density at radius 2 is 1.92 bits per heavy atom. The maximum absolute atomic E-state index is 12.7. The molecule has 0 aliphatic carbocycles. The first kappa shape index (κ1) is 19.2. The van der Waals surface area contributed by atoms with Crippen molar-refractivity contribution in [2.24, 2.45) is 0 Å². The smallest absolute Gasteiger partial charge is 0.417 e. The summed E-state index contributed by atoms with van der Waals surface area (Å²) in [5, 5.41) is 2.43. The predicted octanol–water partition coefficient (Wildman–Crippen LogP) is 2.68. The third kappa shape index (κ3) is 4.95. The summed E-state index contributed by atoms with van der Waals surface area (Å²) in [5.74, 6) is -1.29. The van der Waals surface area contributed by atoms with Crippen LogP contribution in [0.25, 0.3) is 0 Å². The summed E-state index contributed by atoms with van der Waals surface area (Å²) in [6, 6.07) is 7.26. The lowest BCUT2D eigenvalue weighted by Gasteiger charge is -2.11. The molecule has 0 aliphatic heterocycles. The molecule has 9 heteroatoms. The van der Waals surface area contributed by atoms with Crippen LogP contribution in [0.15, 0.2) is 47.4 Å². The van der Waals surface area contributed by atoms with Crippen LogP contribution in [0.4, 0.5) is 18.9 Å². The van der Waals surface area contributed by atoms with Crippen molar-refractivity contribution < 1.29 is 27.5 Å². The lowest BCUT2D eigenvalue weighted by molar-refractivity contribution is -0.138. The van der Waals surface area contributed by atoms with Gasteiger partial charge in [-0.05, 0) is 31.2 Å². The Kier molecular flexibility index (Phi) is 5.81. The Morgan fingerprint density at radius 1 is 1.19 bits per heavy atom. The number of benzene rings is 1. The zero-order valence-corrected chi connectivity index (χ0v) is 13.7. The van der Waals surface area contributed by atoms with Crippen molar-refractivity contribution in [2.75, 3.05) is 11.9 Å². The normalized spacial score (nSPS) is 11.1. The number of ether oxygens (including phenoxy) is 1. The molecule has 138 valence electrons. The van der Waals surface area contributed by atoms with Gasteiger partial charge in [0.15, 0.2) is 0 Å². The topological polar surface area (TPSA) is 77.4 Å². The molecule has 26 heavy (non-hydrogen) atoms. The zero-order chi connectivity index (χ0) is 19.3. The standard InChI is InChI=1S/C17H15F3N2O4/c1-2-26-16(25)11-4-3-5-13(8-11)21-14(23)10-22-9-12(17(18,19)20)6-7-15(22)24/h3-9H,2,10H2,1H3,(H,21,23). The number of rotatable bonds is 5. The number of carbonyl (C=O) groups excluding carboxylic acids is 2. The van der Waals surface area contributed by atoms with E-state index in [0.717, 1.165) is 6.07 Å². The summed E-state index contributed by atoms with van der Waals surface area (Å²) in [7, 11) is 0. The van der Waals surface area contributed by atoms with Gasteiger partial charge in [-0.15, -0.1) is 0 Å². The summed E-state index contributed by atoms with van der Waals surface area (Å²) in [6.45, 7) is 1.23. The summed E-state index contributed by atoms with van der Waals surface area (Å²) in [5.41, 5.74) is -1.32. The molecule has 1 N–H and O–H groups in total. The highest BCUT2D eigenvalue weighted by molar-refractivity contribution is 5.94. The van der Waals surface area contributed by atoms with Crippen molar-refractivity contribution >= 4 is 17.6 Å². The van der Waals surface area contributed by atoms with E-state index >= 15 is 0 Å². The minimum atomic E-state index is -4.63. The first-order valence-corrected chi connectivity index (χ1v) is 7.55. The van der Waals surface area contributed by atoms with Gasteiger partial charge >= 0.3 is 12.1 Å². The summed E-state index contributed by atoms with van der Waals surface area (Å²) in [4.78, 5) is 35.4. The van der Waals surface area contributed by atoms with E-state index in [0.29, 0.717) is 16.8 Å². The number of hydrogen-bond acceptors (Lipinski definition) is 4. The number of esters is 1.